The highest BCUT2D eigenvalue weighted by molar-refractivity contribution is 9.09. The summed E-state index contributed by atoms with van der Waals surface area (Å²) in [6.07, 6.45) is -2.54. The average Bonchev–Trinajstić information content (AvgIpc) is 3.71. The van der Waals surface area contributed by atoms with Crippen molar-refractivity contribution in [1.29, 1.82) is 0 Å². The smallest absolute Gasteiger partial charge is 0.390 e. The molecule has 2 aromatic rings. The first kappa shape index (κ1) is 46.0. The summed E-state index contributed by atoms with van der Waals surface area (Å²) < 4.78 is 63.4. The number of Topliss-reactive ketones (excluding diaryl/α,β-unsaturated/α-hetero) is 1. The Kier molecular flexibility index (Phi) is 12.5. The molecule has 0 aromatic heterocycles. The summed E-state index contributed by atoms with van der Waals surface area (Å²) in [6.45, 7) is 5.04. The predicted octanol–water partition coefficient (Wildman–Crippen LogP) is 4.38. The fourth-order valence-corrected chi connectivity index (χ4v) is 11.1. The largest absolute Gasteiger partial charge is 0.470 e. The van der Waals surface area contributed by atoms with Gasteiger partial charge in [0.25, 0.3) is 0 Å². The van der Waals surface area contributed by atoms with E-state index in [2.05, 4.69) is 36.4 Å². The molecule has 2 aromatic carbocycles. The van der Waals surface area contributed by atoms with Gasteiger partial charge < -0.3 is 40.3 Å². The number of phosphoric acid groups is 1. The zero-order valence-electron chi connectivity index (χ0n) is 34.3. The highest BCUT2D eigenvalue weighted by atomic mass is 79.9. The minimum absolute atomic E-state index is 0.00690. The van der Waals surface area contributed by atoms with Gasteiger partial charge in [-0.05, 0) is 93.4 Å². The Morgan fingerprint density at radius 3 is 2.37 bits per heavy atom. The quantitative estimate of drug-likeness (QED) is 0.122. The van der Waals surface area contributed by atoms with Crippen LogP contribution < -0.4 is 16.0 Å². The van der Waals surface area contributed by atoms with Gasteiger partial charge in [0.1, 0.15) is 24.9 Å². The first-order valence-corrected chi connectivity index (χ1v) is 22.9. The summed E-state index contributed by atoms with van der Waals surface area (Å²) in [5, 5.41) is 19.7. The fraction of sp³-hybridized carbons (Fsp3) is 0.512. The highest BCUT2D eigenvalue weighted by Gasteiger charge is 2.80. The molecule has 4 aliphatic carbocycles. The van der Waals surface area contributed by atoms with Crippen molar-refractivity contribution in [1.82, 2.24) is 10.6 Å². The van der Waals surface area contributed by atoms with Crippen LogP contribution in [0.5, 0.6) is 0 Å². The van der Waals surface area contributed by atoms with Crippen molar-refractivity contribution in [3.05, 3.63) is 89.0 Å². The number of hydrogen-bond donors (Lipinski definition) is 6. The maximum Gasteiger partial charge on any atom is 0.470 e. The van der Waals surface area contributed by atoms with E-state index in [0.29, 0.717) is 17.7 Å². The van der Waals surface area contributed by atoms with Crippen molar-refractivity contribution in [2.24, 2.45) is 22.7 Å². The number of ketones is 2. The third kappa shape index (κ3) is 7.95. The molecule has 1 unspecified atom stereocenters. The summed E-state index contributed by atoms with van der Waals surface area (Å²) in [4.78, 5) is 82.6. The number of amides is 3. The van der Waals surface area contributed by atoms with E-state index in [-0.39, 0.29) is 36.1 Å². The van der Waals surface area contributed by atoms with Gasteiger partial charge in [-0.25, -0.2) is 13.3 Å². The van der Waals surface area contributed by atoms with Gasteiger partial charge in [-0.15, -0.1) is 0 Å². The van der Waals surface area contributed by atoms with Crippen molar-refractivity contribution in [2.75, 3.05) is 17.3 Å². The number of benzene rings is 2. The molecule has 0 spiro atoms. The van der Waals surface area contributed by atoms with Gasteiger partial charge in [-0.1, -0.05) is 65.3 Å². The summed E-state index contributed by atoms with van der Waals surface area (Å²) in [5.41, 5.74) is -4.95. The fourth-order valence-electron chi connectivity index (χ4n) is 10.6. The van der Waals surface area contributed by atoms with E-state index >= 15 is 8.78 Å². The van der Waals surface area contributed by atoms with Crippen LogP contribution in [-0.2, 0) is 49.0 Å². The third-order valence-electron chi connectivity index (χ3n) is 13.6. The monoisotopic (exact) mass is 947 g/mol. The summed E-state index contributed by atoms with van der Waals surface area (Å²) in [5.74, 6) is -4.71. The van der Waals surface area contributed by atoms with Gasteiger partial charge in [0.15, 0.2) is 29.1 Å². The minimum Gasteiger partial charge on any atom is -0.390 e. The second-order valence-electron chi connectivity index (χ2n) is 17.4. The molecule has 5 aliphatic rings. The topological polar surface area (TPSA) is 227 Å². The molecule has 7 rings (SSSR count). The molecule has 3 saturated carbocycles. The Bertz CT molecular complexity index is 2280. The zero-order valence-corrected chi connectivity index (χ0v) is 36.8. The molecule has 0 bridgehead atoms. The molecular formula is C43H49BrF2N3O12P. The molecule has 3 amide bonds. The molecule has 4 fully saturated rings. The van der Waals surface area contributed by atoms with Crippen molar-refractivity contribution in [3.63, 3.8) is 0 Å². The molecular weight excluding hydrogens is 899 g/mol. The first-order valence-electron chi connectivity index (χ1n) is 20.2. The Labute approximate surface area is 364 Å². The number of allylic oxidation sites excluding steroid dienone is 4. The van der Waals surface area contributed by atoms with Crippen molar-refractivity contribution < 1.29 is 66.2 Å². The zero-order chi connectivity index (χ0) is 45.2. The highest BCUT2D eigenvalue weighted by Crippen LogP contribution is 2.72. The number of nitrogens with one attached hydrogen (secondary N) is 3. The van der Waals surface area contributed by atoms with Crippen molar-refractivity contribution in [3.8, 4) is 0 Å². The van der Waals surface area contributed by atoms with Crippen LogP contribution in [-0.4, -0.2) is 97.9 Å². The van der Waals surface area contributed by atoms with Crippen LogP contribution in [0.15, 0.2) is 72.3 Å². The number of rotatable bonds is 13. The van der Waals surface area contributed by atoms with E-state index in [9.17, 15) is 43.4 Å². The molecule has 62 heavy (non-hydrogen) atoms. The lowest BCUT2D eigenvalue weighted by Crippen LogP contribution is -2.70. The number of carbonyl (C=O) groups is 5. The molecule has 1 heterocycles. The average molecular weight is 949 g/mol. The molecule has 19 heteroatoms. The Morgan fingerprint density at radius 1 is 1.00 bits per heavy atom. The van der Waals surface area contributed by atoms with Crippen LogP contribution in [0.4, 0.5) is 14.5 Å². The number of aliphatic hydroxyl groups is 1. The van der Waals surface area contributed by atoms with E-state index in [0.717, 1.165) is 17.2 Å². The van der Waals surface area contributed by atoms with Gasteiger partial charge in [0.2, 0.25) is 17.7 Å². The normalized spacial score (nSPS) is 34.4. The van der Waals surface area contributed by atoms with Crippen LogP contribution in [0.25, 0.3) is 0 Å². The number of hydrogen-bond acceptors (Lipinski definition) is 10. The standard InChI is InChI=1S/C43H49BrF2N3O12P/c1-22(47-36(53)20-44)37(54)48-23(2)38(55)49-27-7-5-6-25(15-27)14-24-8-10-26(11-9-24)39-60-35-18-29-30-17-32(45)31-16-28(50)12-13-40(31,3)42(30,46)33(51)19-41(29,4)43(35,61-39)34(52)21-59-62(56,57)58/h5-13,15-16,22-23,29-30,32-33,35,39,51H,14,17-21H2,1-4H3,(H,47,53)(H,48,54)(H,49,55)(H2,56,57,58)/t22-,23-,29-,30-,32-,33-,35+,39?,40-,41-,42-,43+/m0/s1. The second-order valence-corrected chi connectivity index (χ2v) is 19.2. The molecule has 1 saturated heterocycles. The van der Waals surface area contributed by atoms with Gasteiger partial charge in [0.05, 0.1) is 17.5 Å². The van der Waals surface area contributed by atoms with Gasteiger partial charge in [-0.3, -0.25) is 28.5 Å². The number of phosphoric ester groups is 1. The lowest BCUT2D eigenvalue weighted by Gasteiger charge is -2.63. The molecule has 6 N–H and O–H groups in total. The lowest BCUT2D eigenvalue weighted by molar-refractivity contribution is -0.235. The van der Waals surface area contributed by atoms with E-state index in [1.54, 1.807) is 37.3 Å². The SMILES string of the molecule is C[C@H](NC(=O)CBr)C(=O)N[C@@H](C)C(=O)Nc1cccc(Cc2ccc(C3O[C@@H]4C[C@H]5[C@@H]6C[C@H](F)C7=CC(=O)C=C[C@]7(C)[C@@]6(F)[C@@H](O)C[C@]5(C)[C@]4(C(=O)COP(=O)(O)O)O3)cc2)c1. The Morgan fingerprint density at radius 2 is 1.69 bits per heavy atom. The van der Waals surface area contributed by atoms with Crippen molar-refractivity contribution >= 4 is 58.7 Å². The third-order valence-corrected chi connectivity index (χ3v) is 14.6. The predicted molar refractivity (Wildman–Crippen MR) is 222 cm³/mol. The lowest BCUT2D eigenvalue weighted by atomic mass is 9.44. The maximum absolute atomic E-state index is 17.8. The Balaban J connectivity index is 1.08. The number of aliphatic hydroxyl groups excluding tert-OH is 1. The number of carbonyl (C=O) groups excluding carboxylic acids is 5. The number of fused-ring (bicyclic) bond motifs is 7. The van der Waals surface area contributed by atoms with E-state index in [1.165, 1.54) is 32.9 Å². The van der Waals surface area contributed by atoms with Gasteiger partial charge >= 0.3 is 7.82 Å². The summed E-state index contributed by atoms with van der Waals surface area (Å²) in [6, 6.07) is 12.4. The number of ether oxygens (including phenoxy) is 2. The summed E-state index contributed by atoms with van der Waals surface area (Å²) in [7, 11) is -5.15. The molecule has 0 radical (unpaired) electrons. The summed E-state index contributed by atoms with van der Waals surface area (Å²) >= 11 is 3.02. The first-order chi connectivity index (χ1) is 29.1. The van der Waals surface area contributed by atoms with Crippen LogP contribution in [0, 0.1) is 22.7 Å². The minimum atomic E-state index is -5.15. The van der Waals surface area contributed by atoms with Crippen LogP contribution in [0.2, 0.25) is 0 Å². The second kappa shape index (κ2) is 16.8. The van der Waals surface area contributed by atoms with Crippen LogP contribution in [0.3, 0.4) is 0 Å². The molecule has 334 valence electrons. The van der Waals surface area contributed by atoms with E-state index < -0.39 is 108 Å². The molecule has 15 nitrogen and oxygen atoms in total. The van der Waals surface area contributed by atoms with E-state index in [4.69, 9.17) is 9.47 Å². The Hall–Kier alpha value is -4.00. The van der Waals surface area contributed by atoms with E-state index in [1.807, 2.05) is 18.2 Å². The van der Waals surface area contributed by atoms with Crippen LogP contribution in [0.1, 0.15) is 69.9 Å². The number of anilines is 1. The van der Waals surface area contributed by atoms with Crippen molar-refractivity contribution in [2.45, 2.75) is 101 Å². The molecule has 12 atom stereocenters. The number of halogens is 3. The van der Waals surface area contributed by atoms with Gasteiger partial charge in [0, 0.05) is 28.0 Å². The number of alkyl halides is 3. The van der Waals surface area contributed by atoms with Gasteiger partial charge in [-0.2, -0.15) is 0 Å². The van der Waals surface area contributed by atoms with Crippen LogP contribution >= 0.6 is 23.8 Å². The maximum atomic E-state index is 17.8. The molecule has 1 aliphatic heterocycles.